The van der Waals surface area contributed by atoms with Crippen LogP contribution in [0, 0.1) is 5.92 Å². The van der Waals surface area contributed by atoms with Crippen molar-refractivity contribution in [3.8, 4) is 0 Å². The number of nitrogens with zero attached hydrogens (tertiary/aromatic N) is 1. The van der Waals surface area contributed by atoms with Crippen molar-refractivity contribution in [3.63, 3.8) is 0 Å². The predicted molar refractivity (Wildman–Crippen MR) is 200 cm³/mol. The van der Waals surface area contributed by atoms with Gasteiger partial charge in [-0.2, -0.15) is 0 Å². The van der Waals surface area contributed by atoms with E-state index in [0.717, 1.165) is 43.1 Å². The average molecular weight is 635 g/mol. The number of Topliss-reactive ketones (excluding diaryl/α,β-unsaturated/α-hetero) is 2. The van der Waals surface area contributed by atoms with E-state index in [-0.39, 0.29) is 17.5 Å². The lowest BCUT2D eigenvalue weighted by Gasteiger charge is -2.26. The van der Waals surface area contributed by atoms with Gasteiger partial charge in [0.25, 0.3) is 0 Å². The van der Waals surface area contributed by atoms with Crippen molar-refractivity contribution >= 4 is 11.6 Å². The zero-order valence-electron chi connectivity index (χ0n) is 31.9. The van der Waals surface area contributed by atoms with Gasteiger partial charge in [-0.1, -0.05) is 194 Å². The Morgan fingerprint density at radius 3 is 0.822 bits per heavy atom. The van der Waals surface area contributed by atoms with Gasteiger partial charge < -0.3 is 4.48 Å². The normalized spacial score (nSPS) is 12.0. The van der Waals surface area contributed by atoms with E-state index in [1.807, 2.05) is 0 Å². The molecule has 3 nitrogen and oxygen atoms in total. The molecule has 0 fully saturated rings. The van der Waals surface area contributed by atoms with E-state index < -0.39 is 0 Å². The van der Waals surface area contributed by atoms with Crippen LogP contribution in [0.1, 0.15) is 226 Å². The molecular formula is C42H84NO2+. The van der Waals surface area contributed by atoms with Crippen LogP contribution in [-0.2, 0) is 9.59 Å². The van der Waals surface area contributed by atoms with Crippen LogP contribution < -0.4 is 0 Å². The molecule has 0 spiro atoms. The Hall–Kier alpha value is -0.700. The van der Waals surface area contributed by atoms with Crippen LogP contribution in [0.25, 0.3) is 0 Å². The highest BCUT2D eigenvalue weighted by molar-refractivity contribution is 6.02. The van der Waals surface area contributed by atoms with Gasteiger partial charge in [0.05, 0.1) is 33.6 Å². The summed E-state index contributed by atoms with van der Waals surface area (Å²) in [6.07, 6.45) is 42.0. The number of carbonyl (C=O) groups is 2. The Morgan fingerprint density at radius 1 is 0.378 bits per heavy atom. The molecule has 0 radical (unpaired) electrons. The Bertz CT molecular complexity index is 591. The Labute approximate surface area is 284 Å². The first kappa shape index (κ1) is 44.3. The van der Waals surface area contributed by atoms with Gasteiger partial charge in [-0.05, 0) is 12.8 Å². The molecule has 0 bridgehead atoms. The molecule has 0 aliphatic heterocycles. The summed E-state index contributed by atoms with van der Waals surface area (Å²) in [5.41, 5.74) is 0. The molecule has 0 atom stereocenters. The standard InChI is InChI=1S/C42H84NO2/c1-6-8-10-12-14-16-18-20-22-24-26-28-30-32-34-36-41(44)40(38-39-43(3,4)5)42(45)37-35-33-31-29-27-25-23-21-19-17-15-13-11-9-7-2/h40H,6-39H2,1-5H3/q+1. The number of hydrogen-bond acceptors (Lipinski definition) is 2. The highest BCUT2D eigenvalue weighted by atomic mass is 16.1. The quantitative estimate of drug-likeness (QED) is 0.0387. The van der Waals surface area contributed by atoms with E-state index in [9.17, 15) is 9.59 Å². The first-order valence-corrected chi connectivity index (χ1v) is 20.7. The SMILES string of the molecule is CCCCCCCCCCCCCCCCCC(=O)C(CC[N+](C)(C)C)C(=O)CCCCCCCCCCCCCCCCC. The van der Waals surface area contributed by atoms with Crippen LogP contribution in [0.3, 0.4) is 0 Å². The molecule has 0 aliphatic rings. The zero-order chi connectivity index (χ0) is 33.3. The zero-order valence-corrected chi connectivity index (χ0v) is 31.9. The lowest BCUT2D eigenvalue weighted by atomic mass is 9.88. The van der Waals surface area contributed by atoms with E-state index >= 15 is 0 Å². The number of unbranched alkanes of at least 4 members (excludes halogenated alkanes) is 28. The fraction of sp³-hybridized carbons (Fsp3) is 0.952. The largest absolute Gasteiger partial charge is 0.331 e. The van der Waals surface area contributed by atoms with Gasteiger partial charge in [-0.25, -0.2) is 0 Å². The fourth-order valence-corrected chi connectivity index (χ4v) is 6.71. The molecule has 45 heavy (non-hydrogen) atoms. The molecule has 0 amide bonds. The van der Waals surface area contributed by atoms with Gasteiger partial charge in [0.1, 0.15) is 11.6 Å². The van der Waals surface area contributed by atoms with E-state index in [0.29, 0.717) is 12.8 Å². The molecule has 0 aromatic rings. The number of carbonyl (C=O) groups excluding carboxylic acids is 2. The van der Waals surface area contributed by atoms with Crippen LogP contribution in [0.15, 0.2) is 0 Å². The van der Waals surface area contributed by atoms with Gasteiger partial charge in [-0.3, -0.25) is 9.59 Å². The summed E-state index contributed by atoms with van der Waals surface area (Å²) in [6, 6.07) is 0. The lowest BCUT2D eigenvalue weighted by molar-refractivity contribution is -0.870. The van der Waals surface area contributed by atoms with Gasteiger partial charge in [-0.15, -0.1) is 0 Å². The van der Waals surface area contributed by atoms with Gasteiger partial charge in [0, 0.05) is 19.3 Å². The lowest BCUT2D eigenvalue weighted by Crippen LogP contribution is -2.38. The molecule has 0 heterocycles. The number of hydrogen-bond donors (Lipinski definition) is 0. The number of rotatable bonds is 37. The van der Waals surface area contributed by atoms with Crippen LogP contribution in [0.4, 0.5) is 0 Å². The summed E-state index contributed by atoms with van der Waals surface area (Å²) < 4.78 is 0.814. The van der Waals surface area contributed by atoms with Crippen molar-refractivity contribution in [3.05, 3.63) is 0 Å². The smallest absolute Gasteiger partial charge is 0.143 e. The van der Waals surface area contributed by atoms with Crippen LogP contribution in [-0.4, -0.2) is 43.7 Å². The molecule has 0 unspecified atom stereocenters. The van der Waals surface area contributed by atoms with Crippen molar-refractivity contribution < 1.29 is 14.1 Å². The monoisotopic (exact) mass is 635 g/mol. The molecule has 0 aliphatic carbocycles. The summed E-state index contributed by atoms with van der Waals surface area (Å²) >= 11 is 0. The minimum atomic E-state index is -0.361. The summed E-state index contributed by atoms with van der Waals surface area (Å²) in [6.45, 7) is 5.46. The molecule has 0 aromatic carbocycles. The predicted octanol–water partition coefficient (Wildman–Crippen LogP) is 13.4. The van der Waals surface area contributed by atoms with Gasteiger partial charge in [0.2, 0.25) is 0 Å². The van der Waals surface area contributed by atoms with Crippen molar-refractivity contribution in [1.82, 2.24) is 0 Å². The molecule has 0 aromatic heterocycles. The molecule has 0 saturated carbocycles. The second-order valence-electron chi connectivity index (χ2n) is 15.7. The van der Waals surface area contributed by atoms with Crippen molar-refractivity contribution in [1.29, 1.82) is 0 Å². The van der Waals surface area contributed by atoms with E-state index in [1.54, 1.807) is 0 Å². The third kappa shape index (κ3) is 33.0. The van der Waals surface area contributed by atoms with Gasteiger partial charge >= 0.3 is 0 Å². The third-order valence-electron chi connectivity index (χ3n) is 9.92. The topological polar surface area (TPSA) is 34.1 Å². The second kappa shape index (κ2) is 33.2. The summed E-state index contributed by atoms with van der Waals surface area (Å²) in [5.74, 6) is 0.0915. The van der Waals surface area contributed by atoms with Crippen molar-refractivity contribution in [2.24, 2.45) is 5.92 Å². The number of ketones is 2. The molecular weight excluding hydrogens is 550 g/mol. The number of quaternary nitrogens is 1. The first-order chi connectivity index (χ1) is 21.8. The van der Waals surface area contributed by atoms with Crippen molar-refractivity contribution in [2.45, 2.75) is 226 Å². The average Bonchev–Trinajstić information content (AvgIpc) is 3.00. The van der Waals surface area contributed by atoms with E-state index in [4.69, 9.17) is 0 Å². The molecule has 268 valence electrons. The summed E-state index contributed by atoms with van der Waals surface area (Å²) in [4.78, 5) is 26.3. The van der Waals surface area contributed by atoms with Crippen LogP contribution >= 0.6 is 0 Å². The highest BCUT2D eigenvalue weighted by Gasteiger charge is 2.27. The maximum absolute atomic E-state index is 13.2. The molecule has 0 N–H and O–H groups in total. The third-order valence-corrected chi connectivity index (χ3v) is 9.92. The summed E-state index contributed by atoms with van der Waals surface area (Å²) in [7, 11) is 6.49. The highest BCUT2D eigenvalue weighted by Crippen LogP contribution is 2.20. The first-order valence-electron chi connectivity index (χ1n) is 20.7. The molecule has 0 rings (SSSR count). The maximum Gasteiger partial charge on any atom is 0.143 e. The summed E-state index contributed by atoms with van der Waals surface area (Å²) in [5, 5.41) is 0. The van der Waals surface area contributed by atoms with Crippen molar-refractivity contribution in [2.75, 3.05) is 27.7 Å². The Balaban J connectivity index is 3.94. The van der Waals surface area contributed by atoms with Gasteiger partial charge in [0.15, 0.2) is 0 Å². The second-order valence-corrected chi connectivity index (χ2v) is 15.7. The minimum absolute atomic E-state index is 0.226. The van der Waals surface area contributed by atoms with E-state index in [1.165, 1.54) is 167 Å². The molecule has 3 heteroatoms. The molecule has 0 saturated heterocycles. The van der Waals surface area contributed by atoms with E-state index in [2.05, 4.69) is 35.0 Å². The Kier molecular flexibility index (Phi) is 32.7. The minimum Gasteiger partial charge on any atom is -0.331 e. The Morgan fingerprint density at radius 2 is 0.600 bits per heavy atom. The maximum atomic E-state index is 13.2. The van der Waals surface area contributed by atoms with Crippen LogP contribution in [0.2, 0.25) is 0 Å². The van der Waals surface area contributed by atoms with Crippen LogP contribution in [0.5, 0.6) is 0 Å². The fourth-order valence-electron chi connectivity index (χ4n) is 6.71.